The number of unbranched alkanes of at least 4 members (excludes halogenated alkanes) is 2. The van der Waals surface area contributed by atoms with Crippen LogP contribution in [0.15, 0.2) is 23.8 Å². The van der Waals surface area contributed by atoms with E-state index in [0.29, 0.717) is 5.25 Å². The molecule has 0 bridgehead atoms. The third-order valence-corrected chi connectivity index (χ3v) is 3.78. The van der Waals surface area contributed by atoms with Crippen molar-refractivity contribution in [3.05, 3.63) is 34.9 Å². The maximum absolute atomic E-state index is 5.98. The molecule has 0 N–H and O–H groups in total. The predicted molar refractivity (Wildman–Crippen MR) is 101 cm³/mol. The number of rotatable bonds is 7. The Morgan fingerprint density at radius 2 is 2.00 bits per heavy atom. The minimum Gasteiger partial charge on any atom is -0.497 e. The van der Waals surface area contributed by atoms with Crippen LogP contribution in [0.5, 0.6) is 5.75 Å². The number of allylic oxidation sites excluding steroid dienone is 1. The minimum atomic E-state index is 0.404. The van der Waals surface area contributed by atoms with Crippen LogP contribution >= 0.6 is 12.0 Å². The number of ether oxygens (including phenoxy) is 1. The highest BCUT2D eigenvalue weighted by Crippen LogP contribution is 2.31. The lowest BCUT2D eigenvalue weighted by Gasteiger charge is -2.15. The Labute approximate surface area is 145 Å². The molecule has 0 saturated heterocycles. The Bertz CT molecular complexity index is 587. The number of hydrogen-bond acceptors (Lipinski definition) is 3. The largest absolute Gasteiger partial charge is 0.497 e. The highest BCUT2D eigenvalue weighted by atomic mass is 32.2. The molecule has 0 saturated carbocycles. The van der Waals surface area contributed by atoms with Gasteiger partial charge >= 0.3 is 0 Å². The van der Waals surface area contributed by atoms with Gasteiger partial charge in [-0.1, -0.05) is 39.0 Å². The highest BCUT2D eigenvalue weighted by Gasteiger charge is 2.13. The van der Waals surface area contributed by atoms with Crippen LogP contribution in [-0.2, 0) is 4.18 Å². The van der Waals surface area contributed by atoms with Gasteiger partial charge in [-0.25, -0.2) is 0 Å². The average Bonchev–Trinajstić information content (AvgIpc) is 2.52. The van der Waals surface area contributed by atoms with Gasteiger partial charge in [0.2, 0.25) is 0 Å². The SMILES string of the molecule is CCCCC#Cc1cc(OC)ccc1C(OSC(C)C)=C(C)C. The first-order valence-electron chi connectivity index (χ1n) is 8.17. The molecule has 0 aliphatic carbocycles. The zero-order valence-corrected chi connectivity index (χ0v) is 16.0. The molecule has 0 unspecified atom stereocenters. The zero-order chi connectivity index (χ0) is 17.2. The first-order chi connectivity index (χ1) is 11.0. The van der Waals surface area contributed by atoms with Crippen molar-refractivity contribution in [1.29, 1.82) is 0 Å². The molecular formula is C20H28O2S. The van der Waals surface area contributed by atoms with Crippen molar-refractivity contribution < 1.29 is 8.92 Å². The van der Waals surface area contributed by atoms with E-state index >= 15 is 0 Å². The van der Waals surface area contributed by atoms with E-state index in [2.05, 4.69) is 46.5 Å². The van der Waals surface area contributed by atoms with Crippen LogP contribution in [-0.4, -0.2) is 12.4 Å². The van der Waals surface area contributed by atoms with Gasteiger partial charge in [0.05, 0.1) is 19.2 Å². The summed E-state index contributed by atoms with van der Waals surface area (Å²) in [6.07, 6.45) is 3.20. The van der Waals surface area contributed by atoms with Crippen LogP contribution in [0, 0.1) is 11.8 Å². The molecule has 1 rings (SSSR count). The van der Waals surface area contributed by atoms with Crippen molar-refractivity contribution in [3.63, 3.8) is 0 Å². The summed E-state index contributed by atoms with van der Waals surface area (Å²) in [6.45, 7) is 10.5. The van der Waals surface area contributed by atoms with E-state index in [4.69, 9.17) is 8.92 Å². The average molecular weight is 333 g/mol. The second-order valence-electron chi connectivity index (χ2n) is 5.87. The van der Waals surface area contributed by atoms with Gasteiger partial charge in [-0.05, 0) is 44.0 Å². The van der Waals surface area contributed by atoms with Crippen molar-refractivity contribution in [2.45, 2.75) is 59.1 Å². The molecule has 0 amide bonds. The normalized spacial score (nSPS) is 10.0. The Hall–Kier alpha value is -1.53. The van der Waals surface area contributed by atoms with Gasteiger partial charge in [0, 0.05) is 22.8 Å². The van der Waals surface area contributed by atoms with E-state index in [1.165, 1.54) is 12.0 Å². The van der Waals surface area contributed by atoms with E-state index in [-0.39, 0.29) is 0 Å². The maximum atomic E-state index is 5.98. The Balaban J connectivity index is 3.20. The standard InChI is InChI=1S/C20H28O2S/c1-7-8-9-10-11-17-14-18(21-6)12-13-19(17)20(15(2)3)22-23-16(4)5/h12-14,16H,7-9H2,1-6H3. The Kier molecular flexibility index (Phi) is 8.73. The van der Waals surface area contributed by atoms with Gasteiger partial charge in [-0.15, -0.1) is 0 Å². The topological polar surface area (TPSA) is 18.5 Å². The summed E-state index contributed by atoms with van der Waals surface area (Å²) >= 11 is 1.48. The number of methoxy groups -OCH3 is 1. The number of benzene rings is 1. The quantitative estimate of drug-likeness (QED) is 0.262. The third kappa shape index (κ3) is 6.62. The summed E-state index contributed by atoms with van der Waals surface area (Å²) < 4.78 is 11.3. The molecule has 1 aromatic carbocycles. The molecule has 2 nitrogen and oxygen atoms in total. The lowest BCUT2D eigenvalue weighted by Crippen LogP contribution is -1.97. The van der Waals surface area contributed by atoms with Crippen LogP contribution < -0.4 is 4.74 Å². The Morgan fingerprint density at radius 3 is 2.57 bits per heavy atom. The highest BCUT2D eigenvalue weighted by molar-refractivity contribution is 7.95. The van der Waals surface area contributed by atoms with E-state index in [9.17, 15) is 0 Å². The summed E-state index contributed by atoms with van der Waals surface area (Å²) in [6, 6.07) is 5.98. The smallest absolute Gasteiger partial charge is 0.144 e. The molecule has 23 heavy (non-hydrogen) atoms. The molecule has 0 heterocycles. The van der Waals surface area contributed by atoms with E-state index in [1.807, 2.05) is 18.2 Å². The Morgan fingerprint density at radius 1 is 1.26 bits per heavy atom. The summed E-state index contributed by atoms with van der Waals surface area (Å²) in [5.41, 5.74) is 3.13. The van der Waals surface area contributed by atoms with Crippen molar-refractivity contribution in [3.8, 4) is 17.6 Å². The van der Waals surface area contributed by atoms with Crippen molar-refractivity contribution >= 4 is 17.8 Å². The van der Waals surface area contributed by atoms with E-state index in [0.717, 1.165) is 47.5 Å². The van der Waals surface area contributed by atoms with E-state index in [1.54, 1.807) is 7.11 Å². The number of hydrogen-bond donors (Lipinski definition) is 0. The molecule has 0 aromatic heterocycles. The molecule has 1 aromatic rings. The van der Waals surface area contributed by atoms with Gasteiger partial charge in [0.1, 0.15) is 11.5 Å². The van der Waals surface area contributed by atoms with Crippen LogP contribution in [0.3, 0.4) is 0 Å². The van der Waals surface area contributed by atoms with Crippen molar-refractivity contribution in [2.24, 2.45) is 0 Å². The lowest BCUT2D eigenvalue weighted by atomic mass is 10.0. The molecule has 0 atom stereocenters. The molecule has 0 radical (unpaired) electrons. The van der Waals surface area contributed by atoms with E-state index < -0.39 is 0 Å². The summed E-state index contributed by atoms with van der Waals surface area (Å²) in [4.78, 5) is 0. The van der Waals surface area contributed by atoms with Crippen LogP contribution in [0.1, 0.15) is 65.0 Å². The van der Waals surface area contributed by atoms with Gasteiger partial charge in [0.25, 0.3) is 0 Å². The molecule has 3 heteroatoms. The molecule has 0 aliphatic rings. The summed E-state index contributed by atoms with van der Waals surface area (Å²) in [5, 5.41) is 0.404. The third-order valence-electron chi connectivity index (χ3n) is 3.13. The summed E-state index contributed by atoms with van der Waals surface area (Å²) in [7, 11) is 1.68. The van der Waals surface area contributed by atoms with Crippen molar-refractivity contribution in [2.75, 3.05) is 7.11 Å². The van der Waals surface area contributed by atoms with Gasteiger partial charge < -0.3 is 8.92 Å². The minimum absolute atomic E-state index is 0.404. The first kappa shape index (κ1) is 19.5. The summed E-state index contributed by atoms with van der Waals surface area (Å²) in [5.74, 6) is 8.27. The predicted octanol–water partition coefficient (Wildman–Crippen LogP) is 6.06. The maximum Gasteiger partial charge on any atom is 0.144 e. The monoisotopic (exact) mass is 332 g/mol. The molecule has 0 aliphatic heterocycles. The fourth-order valence-electron chi connectivity index (χ4n) is 1.92. The molecule has 0 spiro atoms. The van der Waals surface area contributed by atoms with Crippen molar-refractivity contribution in [1.82, 2.24) is 0 Å². The first-order valence-corrected chi connectivity index (χ1v) is 8.98. The molecular weight excluding hydrogens is 304 g/mol. The van der Waals surface area contributed by atoms with Crippen LogP contribution in [0.25, 0.3) is 5.76 Å². The fraction of sp³-hybridized carbons (Fsp3) is 0.500. The fourth-order valence-corrected chi connectivity index (χ4v) is 2.46. The second kappa shape index (κ2) is 10.3. The molecule has 0 fully saturated rings. The van der Waals surface area contributed by atoms with Gasteiger partial charge in [-0.2, -0.15) is 0 Å². The van der Waals surface area contributed by atoms with Crippen LogP contribution in [0.4, 0.5) is 0 Å². The van der Waals surface area contributed by atoms with Gasteiger partial charge in [-0.3, -0.25) is 0 Å². The zero-order valence-electron chi connectivity index (χ0n) is 15.2. The molecule has 126 valence electrons. The second-order valence-corrected chi connectivity index (χ2v) is 7.18. The lowest BCUT2D eigenvalue weighted by molar-refractivity contribution is 0.414. The van der Waals surface area contributed by atoms with Gasteiger partial charge in [0.15, 0.2) is 0 Å². The van der Waals surface area contributed by atoms with Crippen LogP contribution in [0.2, 0.25) is 0 Å².